The van der Waals surface area contributed by atoms with Crippen molar-refractivity contribution >= 4 is 0 Å². The van der Waals surface area contributed by atoms with Gasteiger partial charge in [0.2, 0.25) is 0 Å². The van der Waals surface area contributed by atoms with E-state index in [1.165, 1.54) is 37.7 Å². The van der Waals surface area contributed by atoms with Crippen LogP contribution in [0, 0.1) is 17.2 Å². The van der Waals surface area contributed by atoms with E-state index in [4.69, 9.17) is 10.00 Å². The van der Waals surface area contributed by atoms with Crippen molar-refractivity contribution in [1.82, 2.24) is 0 Å². The number of unbranched alkanes of at least 4 members (excludes halogenated alkanes) is 1. The molecule has 0 saturated heterocycles. The van der Waals surface area contributed by atoms with Gasteiger partial charge in [-0.25, -0.2) is 0 Å². The lowest BCUT2D eigenvalue weighted by atomic mass is 9.77. The first-order valence-electron chi connectivity index (χ1n) is 9.56. The van der Waals surface area contributed by atoms with Crippen molar-refractivity contribution in [2.45, 2.75) is 64.2 Å². The Labute approximate surface area is 147 Å². The first-order chi connectivity index (χ1) is 11.8. The van der Waals surface area contributed by atoms with Crippen molar-refractivity contribution in [2.75, 3.05) is 13.2 Å². The highest BCUT2D eigenvalue weighted by molar-refractivity contribution is 5.33. The third kappa shape index (κ3) is 6.49. The Balaban J connectivity index is 1.57. The zero-order valence-electron chi connectivity index (χ0n) is 15.0. The summed E-state index contributed by atoms with van der Waals surface area (Å²) >= 11 is 0. The molecule has 130 valence electrons. The van der Waals surface area contributed by atoms with Crippen LogP contribution in [0.25, 0.3) is 0 Å². The highest BCUT2D eigenvalue weighted by atomic mass is 16.5. The minimum atomic E-state index is 0.681. The molecule has 0 amide bonds. The predicted octanol–water partition coefficient (Wildman–Crippen LogP) is 5.99. The molecule has 0 aromatic heterocycles. The average molecular weight is 325 g/mol. The highest BCUT2D eigenvalue weighted by Gasteiger charge is 2.22. The summed E-state index contributed by atoms with van der Waals surface area (Å²) in [6.07, 6.45) is 14.3. The van der Waals surface area contributed by atoms with E-state index in [0.29, 0.717) is 5.92 Å². The monoisotopic (exact) mass is 325 g/mol. The fourth-order valence-corrected chi connectivity index (χ4v) is 3.55. The van der Waals surface area contributed by atoms with E-state index < -0.39 is 0 Å². The Morgan fingerprint density at radius 2 is 1.83 bits per heavy atom. The standard InChI is InChI=1S/C22H31NO/c1-2-3-4-5-6-16-24-17-15-19-7-11-21(12-8-19)22-13-9-20(18-23)10-14-22/h3-4,9-10,13-14,19,21H,2,5-8,11-12,15-17H2,1H3. The number of benzene rings is 1. The molecular formula is C22H31NO. The maximum absolute atomic E-state index is 8.88. The molecule has 2 nitrogen and oxygen atoms in total. The smallest absolute Gasteiger partial charge is 0.0991 e. The van der Waals surface area contributed by atoms with E-state index >= 15 is 0 Å². The summed E-state index contributed by atoms with van der Waals surface area (Å²) in [6, 6.07) is 10.4. The van der Waals surface area contributed by atoms with Crippen molar-refractivity contribution in [3.63, 3.8) is 0 Å². The van der Waals surface area contributed by atoms with Crippen LogP contribution < -0.4 is 0 Å². The lowest BCUT2D eigenvalue weighted by Crippen LogP contribution is -2.15. The molecule has 1 fully saturated rings. The van der Waals surface area contributed by atoms with E-state index in [1.54, 1.807) is 0 Å². The molecule has 0 N–H and O–H groups in total. The summed E-state index contributed by atoms with van der Waals surface area (Å²) in [5, 5.41) is 8.88. The summed E-state index contributed by atoms with van der Waals surface area (Å²) in [7, 11) is 0. The number of nitrogens with zero attached hydrogens (tertiary/aromatic N) is 1. The first-order valence-corrected chi connectivity index (χ1v) is 9.56. The Bertz CT molecular complexity index is 518. The topological polar surface area (TPSA) is 33.0 Å². The summed E-state index contributed by atoms with van der Waals surface area (Å²) < 4.78 is 5.79. The first kappa shape index (κ1) is 18.7. The van der Waals surface area contributed by atoms with E-state index in [9.17, 15) is 0 Å². The fraction of sp³-hybridized carbons (Fsp3) is 0.591. The van der Waals surface area contributed by atoms with Crippen LogP contribution in [0.4, 0.5) is 0 Å². The Morgan fingerprint density at radius 3 is 2.50 bits per heavy atom. The quantitative estimate of drug-likeness (QED) is 0.413. The van der Waals surface area contributed by atoms with E-state index in [2.05, 4.69) is 37.3 Å². The van der Waals surface area contributed by atoms with Crippen LogP contribution in [0.3, 0.4) is 0 Å². The van der Waals surface area contributed by atoms with E-state index in [0.717, 1.165) is 44.0 Å². The van der Waals surface area contributed by atoms with Crippen LogP contribution >= 0.6 is 0 Å². The molecule has 1 aliphatic rings. The Kier molecular flexibility index (Phi) is 8.63. The lowest BCUT2D eigenvalue weighted by molar-refractivity contribution is 0.111. The molecule has 1 saturated carbocycles. The highest BCUT2D eigenvalue weighted by Crippen LogP contribution is 2.37. The predicted molar refractivity (Wildman–Crippen MR) is 100.0 cm³/mol. The minimum Gasteiger partial charge on any atom is -0.381 e. The minimum absolute atomic E-state index is 0.681. The van der Waals surface area contributed by atoms with Crippen LogP contribution in [0.2, 0.25) is 0 Å². The molecule has 24 heavy (non-hydrogen) atoms. The molecule has 1 aromatic carbocycles. The van der Waals surface area contributed by atoms with Gasteiger partial charge in [-0.2, -0.15) is 5.26 Å². The molecular weight excluding hydrogens is 294 g/mol. The number of allylic oxidation sites excluding steroid dienone is 2. The molecule has 0 aliphatic heterocycles. The summed E-state index contributed by atoms with van der Waals surface area (Å²) in [5.74, 6) is 1.51. The fourth-order valence-electron chi connectivity index (χ4n) is 3.55. The van der Waals surface area contributed by atoms with Crippen LogP contribution in [0.5, 0.6) is 0 Å². The second-order valence-corrected chi connectivity index (χ2v) is 6.87. The van der Waals surface area contributed by atoms with Gasteiger partial charge in [-0.1, -0.05) is 31.2 Å². The van der Waals surface area contributed by atoms with Gasteiger partial charge in [0, 0.05) is 13.2 Å². The van der Waals surface area contributed by atoms with Gasteiger partial charge in [-0.15, -0.1) is 0 Å². The van der Waals surface area contributed by atoms with Crippen LogP contribution in [-0.2, 0) is 4.74 Å². The second-order valence-electron chi connectivity index (χ2n) is 6.87. The number of rotatable bonds is 9. The van der Waals surface area contributed by atoms with E-state index in [-0.39, 0.29) is 0 Å². The number of hydrogen-bond acceptors (Lipinski definition) is 2. The van der Waals surface area contributed by atoms with Gasteiger partial charge in [0.1, 0.15) is 0 Å². The van der Waals surface area contributed by atoms with Gasteiger partial charge < -0.3 is 4.74 Å². The molecule has 0 radical (unpaired) electrons. The lowest BCUT2D eigenvalue weighted by Gasteiger charge is -2.28. The number of ether oxygens (including phenoxy) is 1. The molecule has 0 atom stereocenters. The van der Waals surface area contributed by atoms with Gasteiger partial charge in [-0.05, 0) is 80.9 Å². The van der Waals surface area contributed by atoms with Crippen molar-refractivity contribution in [1.29, 1.82) is 5.26 Å². The third-order valence-corrected chi connectivity index (χ3v) is 5.09. The van der Waals surface area contributed by atoms with Gasteiger partial charge in [0.25, 0.3) is 0 Å². The number of hydrogen-bond donors (Lipinski definition) is 0. The summed E-state index contributed by atoms with van der Waals surface area (Å²) in [4.78, 5) is 0. The van der Waals surface area contributed by atoms with Crippen LogP contribution in [-0.4, -0.2) is 13.2 Å². The molecule has 0 spiro atoms. The average Bonchev–Trinajstić information content (AvgIpc) is 2.64. The zero-order valence-corrected chi connectivity index (χ0v) is 15.0. The number of nitriles is 1. The molecule has 0 heterocycles. The second kappa shape index (κ2) is 11.0. The third-order valence-electron chi connectivity index (χ3n) is 5.09. The molecule has 2 rings (SSSR count). The summed E-state index contributed by atoms with van der Waals surface area (Å²) in [6.45, 7) is 3.99. The zero-order chi connectivity index (χ0) is 17.0. The molecule has 1 aliphatic carbocycles. The molecule has 0 bridgehead atoms. The van der Waals surface area contributed by atoms with Crippen molar-refractivity contribution in [2.24, 2.45) is 5.92 Å². The van der Waals surface area contributed by atoms with Crippen LogP contribution in [0.15, 0.2) is 36.4 Å². The maximum Gasteiger partial charge on any atom is 0.0991 e. The summed E-state index contributed by atoms with van der Waals surface area (Å²) in [5.41, 5.74) is 2.17. The maximum atomic E-state index is 8.88. The van der Waals surface area contributed by atoms with Crippen molar-refractivity contribution < 1.29 is 4.74 Å². The van der Waals surface area contributed by atoms with Gasteiger partial charge in [0.15, 0.2) is 0 Å². The van der Waals surface area contributed by atoms with Crippen LogP contribution in [0.1, 0.15) is 75.3 Å². The molecule has 2 heteroatoms. The Hall–Kier alpha value is -1.59. The SMILES string of the molecule is CCC=CCCCOCCC1CCC(c2ccc(C#N)cc2)CC1. The van der Waals surface area contributed by atoms with E-state index in [1.807, 2.05) is 12.1 Å². The molecule has 1 aromatic rings. The largest absolute Gasteiger partial charge is 0.381 e. The van der Waals surface area contributed by atoms with Crippen molar-refractivity contribution in [3.8, 4) is 6.07 Å². The van der Waals surface area contributed by atoms with Gasteiger partial charge in [0.05, 0.1) is 11.6 Å². The van der Waals surface area contributed by atoms with Gasteiger partial charge >= 0.3 is 0 Å². The van der Waals surface area contributed by atoms with Gasteiger partial charge in [-0.3, -0.25) is 0 Å². The normalized spacial score (nSPS) is 21.0. The van der Waals surface area contributed by atoms with Crippen molar-refractivity contribution in [3.05, 3.63) is 47.5 Å². The Morgan fingerprint density at radius 1 is 1.08 bits per heavy atom. The molecule has 0 unspecified atom stereocenters.